The van der Waals surface area contributed by atoms with Gasteiger partial charge in [-0.2, -0.15) is 18.3 Å². The minimum atomic E-state index is -4.58. The van der Waals surface area contributed by atoms with E-state index >= 15 is 0 Å². The summed E-state index contributed by atoms with van der Waals surface area (Å²) in [5.74, 6) is 3.77. The van der Waals surface area contributed by atoms with Crippen molar-refractivity contribution in [3.8, 4) is 22.6 Å². The van der Waals surface area contributed by atoms with E-state index in [0.29, 0.717) is 11.4 Å². The molecule has 0 radical (unpaired) electrons. The van der Waals surface area contributed by atoms with E-state index < -0.39 is 21.7 Å². The van der Waals surface area contributed by atoms with Crippen LogP contribution in [0.3, 0.4) is 0 Å². The van der Waals surface area contributed by atoms with Crippen LogP contribution in [0.25, 0.3) is 16.8 Å². The standard InChI is InChI=1S/C26H23F3N2O3S/c1-17-7-4-5-10-24(17)31-20(15-25(30-31)26(27,28)29)16-34-21-11-12-23(18(2)13-21)19-8-6-9-22(14-19)35(3,32)33/h4-15H,3,16H2,1-2H3,(H,32,33). The Morgan fingerprint density at radius 3 is 2.40 bits per heavy atom. The largest absolute Gasteiger partial charge is 0.487 e. The molecular formula is C26H23F3N2O3S. The quantitative estimate of drug-likeness (QED) is 0.316. The van der Waals surface area contributed by atoms with Gasteiger partial charge in [0.15, 0.2) is 5.69 Å². The van der Waals surface area contributed by atoms with Gasteiger partial charge in [-0.05, 0) is 78.4 Å². The maximum absolute atomic E-state index is 13.4. The molecule has 0 fully saturated rings. The minimum Gasteiger partial charge on any atom is -0.487 e. The Morgan fingerprint density at radius 2 is 1.74 bits per heavy atom. The first-order chi connectivity index (χ1) is 16.4. The zero-order chi connectivity index (χ0) is 25.4. The number of alkyl halides is 3. The highest BCUT2D eigenvalue weighted by Gasteiger charge is 2.35. The van der Waals surface area contributed by atoms with Crippen LogP contribution in [0, 0.1) is 13.8 Å². The SMILES string of the molecule is C=S(=O)(O)c1cccc(-c2ccc(OCc3cc(C(F)(F)F)nn3-c3ccccc3C)cc2C)c1. The van der Waals surface area contributed by atoms with E-state index in [1.165, 1.54) is 4.68 Å². The van der Waals surface area contributed by atoms with Crippen LogP contribution in [-0.2, 0) is 22.6 Å². The van der Waals surface area contributed by atoms with Crippen molar-refractivity contribution < 1.29 is 26.7 Å². The lowest BCUT2D eigenvalue weighted by molar-refractivity contribution is -0.141. The number of benzene rings is 3. The molecule has 182 valence electrons. The van der Waals surface area contributed by atoms with Crippen LogP contribution >= 0.6 is 0 Å². The van der Waals surface area contributed by atoms with E-state index in [-0.39, 0.29) is 17.2 Å². The van der Waals surface area contributed by atoms with Crippen LogP contribution in [-0.4, -0.2) is 24.4 Å². The monoisotopic (exact) mass is 500 g/mol. The molecule has 0 aliphatic carbocycles. The predicted molar refractivity (Wildman–Crippen MR) is 130 cm³/mol. The highest BCUT2D eigenvalue weighted by molar-refractivity contribution is 7.95. The van der Waals surface area contributed by atoms with E-state index in [0.717, 1.165) is 28.3 Å². The molecule has 1 unspecified atom stereocenters. The van der Waals surface area contributed by atoms with Crippen LogP contribution in [0.2, 0.25) is 0 Å². The summed E-state index contributed by atoms with van der Waals surface area (Å²) in [5, 5.41) is 3.79. The second-order valence-electron chi connectivity index (χ2n) is 8.15. The molecule has 0 aliphatic rings. The number of para-hydroxylation sites is 1. The van der Waals surface area contributed by atoms with Crippen molar-refractivity contribution in [2.45, 2.75) is 31.5 Å². The number of aromatic nitrogens is 2. The van der Waals surface area contributed by atoms with Gasteiger partial charge in [0, 0.05) is 0 Å². The summed E-state index contributed by atoms with van der Waals surface area (Å²) in [5.41, 5.74) is 2.99. The number of nitrogens with zero attached hydrogens (tertiary/aromatic N) is 2. The molecule has 0 bridgehead atoms. The molecule has 9 heteroatoms. The fourth-order valence-corrected chi connectivity index (χ4v) is 4.34. The van der Waals surface area contributed by atoms with Crippen molar-refractivity contribution in [3.05, 3.63) is 95.3 Å². The summed E-state index contributed by atoms with van der Waals surface area (Å²) < 4.78 is 68.8. The Bertz CT molecular complexity index is 1490. The molecule has 1 aromatic heterocycles. The van der Waals surface area contributed by atoms with Crippen molar-refractivity contribution >= 4 is 15.7 Å². The van der Waals surface area contributed by atoms with E-state index in [4.69, 9.17) is 4.74 Å². The topological polar surface area (TPSA) is 64.3 Å². The fourth-order valence-electron chi connectivity index (χ4n) is 3.74. The maximum atomic E-state index is 13.4. The molecule has 0 saturated carbocycles. The van der Waals surface area contributed by atoms with Crippen LogP contribution < -0.4 is 4.74 Å². The molecule has 1 atom stereocenters. The van der Waals surface area contributed by atoms with Gasteiger partial charge in [0.25, 0.3) is 0 Å². The summed E-state index contributed by atoms with van der Waals surface area (Å²) in [6.45, 7) is 3.53. The second kappa shape index (κ2) is 9.24. The van der Waals surface area contributed by atoms with Crippen molar-refractivity contribution in [1.82, 2.24) is 9.78 Å². The van der Waals surface area contributed by atoms with Gasteiger partial charge in [-0.25, -0.2) is 8.89 Å². The molecule has 35 heavy (non-hydrogen) atoms. The summed E-state index contributed by atoms with van der Waals surface area (Å²) in [7, 11) is -3.35. The van der Waals surface area contributed by atoms with E-state index in [9.17, 15) is 21.9 Å². The Morgan fingerprint density at radius 1 is 1.00 bits per heavy atom. The Kier molecular flexibility index (Phi) is 6.48. The summed E-state index contributed by atoms with van der Waals surface area (Å²) >= 11 is 0. The number of hydrogen-bond acceptors (Lipinski definition) is 3. The van der Waals surface area contributed by atoms with Gasteiger partial charge < -0.3 is 9.29 Å². The molecule has 4 rings (SSSR count). The zero-order valence-electron chi connectivity index (χ0n) is 19.0. The number of hydrogen-bond donors (Lipinski definition) is 1. The third-order valence-electron chi connectivity index (χ3n) is 5.52. The Balaban J connectivity index is 1.62. The minimum absolute atomic E-state index is 0.125. The highest BCUT2D eigenvalue weighted by atomic mass is 32.2. The molecule has 1 N–H and O–H groups in total. The Labute approximate surface area is 201 Å². The number of aryl methyl sites for hydroxylation is 2. The highest BCUT2D eigenvalue weighted by Crippen LogP contribution is 2.32. The first kappa shape index (κ1) is 24.6. The molecule has 1 heterocycles. The van der Waals surface area contributed by atoms with Crippen LogP contribution in [0.5, 0.6) is 5.75 Å². The molecule has 0 spiro atoms. The molecule has 0 amide bonds. The van der Waals surface area contributed by atoms with Gasteiger partial charge in [0.1, 0.15) is 22.2 Å². The number of rotatable bonds is 6. The predicted octanol–water partition coefficient (Wildman–Crippen LogP) is 6.30. The van der Waals surface area contributed by atoms with Gasteiger partial charge in [-0.1, -0.05) is 36.4 Å². The maximum Gasteiger partial charge on any atom is 0.435 e. The number of halogens is 3. The van der Waals surface area contributed by atoms with Crippen molar-refractivity contribution in [2.75, 3.05) is 0 Å². The van der Waals surface area contributed by atoms with E-state index in [1.54, 1.807) is 67.6 Å². The third-order valence-corrected chi connectivity index (χ3v) is 6.51. The molecule has 0 aliphatic heterocycles. The second-order valence-corrected chi connectivity index (χ2v) is 9.90. The van der Waals surface area contributed by atoms with E-state index in [1.807, 2.05) is 13.0 Å². The van der Waals surface area contributed by atoms with Crippen LogP contribution in [0.4, 0.5) is 13.2 Å². The average Bonchev–Trinajstić information content (AvgIpc) is 3.22. The van der Waals surface area contributed by atoms with Crippen molar-refractivity contribution in [1.29, 1.82) is 0 Å². The fraction of sp³-hybridized carbons (Fsp3) is 0.154. The summed E-state index contributed by atoms with van der Waals surface area (Å²) in [4.78, 5) is 0.222. The van der Waals surface area contributed by atoms with Gasteiger partial charge in [-0.3, -0.25) is 0 Å². The molecule has 5 nitrogen and oxygen atoms in total. The van der Waals surface area contributed by atoms with Crippen molar-refractivity contribution in [2.24, 2.45) is 0 Å². The lowest BCUT2D eigenvalue weighted by Crippen LogP contribution is -2.09. The Hall–Kier alpha value is -3.56. The van der Waals surface area contributed by atoms with Crippen molar-refractivity contribution in [3.63, 3.8) is 0 Å². The molecule has 0 saturated heterocycles. The normalized spacial score (nSPS) is 13.4. The zero-order valence-corrected chi connectivity index (χ0v) is 19.9. The number of ether oxygens (including phenoxy) is 1. The van der Waals surface area contributed by atoms with Gasteiger partial charge in [0.05, 0.1) is 16.3 Å². The van der Waals surface area contributed by atoms with E-state index in [2.05, 4.69) is 11.0 Å². The molecule has 3 aromatic carbocycles. The smallest absolute Gasteiger partial charge is 0.435 e. The third kappa shape index (κ3) is 5.41. The first-order valence-corrected chi connectivity index (χ1v) is 12.3. The average molecular weight is 501 g/mol. The van der Waals surface area contributed by atoms with Gasteiger partial charge in [0.2, 0.25) is 0 Å². The molecule has 4 aromatic rings. The summed E-state index contributed by atoms with van der Waals surface area (Å²) in [6.07, 6.45) is -4.58. The van der Waals surface area contributed by atoms with Crippen LogP contribution in [0.15, 0.2) is 77.7 Å². The summed E-state index contributed by atoms with van der Waals surface area (Å²) in [6, 6.07) is 20.0. The molecular weight excluding hydrogens is 477 g/mol. The van der Waals surface area contributed by atoms with Crippen LogP contribution in [0.1, 0.15) is 22.5 Å². The lowest BCUT2D eigenvalue weighted by atomic mass is 10.0. The van der Waals surface area contributed by atoms with Gasteiger partial charge in [-0.15, -0.1) is 0 Å². The van der Waals surface area contributed by atoms with Gasteiger partial charge >= 0.3 is 6.18 Å². The lowest BCUT2D eigenvalue weighted by Gasteiger charge is -2.13. The first-order valence-electron chi connectivity index (χ1n) is 10.6.